The fourth-order valence-corrected chi connectivity index (χ4v) is 1.94. The number of methoxy groups -OCH3 is 1. The molecule has 20 heavy (non-hydrogen) atoms. The zero-order valence-electron chi connectivity index (χ0n) is 12.0. The van der Waals surface area contributed by atoms with Gasteiger partial charge in [0.15, 0.2) is 0 Å². The zero-order valence-corrected chi connectivity index (χ0v) is 12.8. The molecule has 0 saturated carbocycles. The Morgan fingerprint density at radius 2 is 2.20 bits per heavy atom. The van der Waals surface area contributed by atoms with E-state index in [1.54, 1.807) is 18.2 Å². The number of benzene rings is 1. The van der Waals surface area contributed by atoms with Gasteiger partial charge in [0.25, 0.3) is 0 Å². The van der Waals surface area contributed by atoms with Crippen LogP contribution in [0.5, 0.6) is 0 Å². The van der Waals surface area contributed by atoms with Crippen molar-refractivity contribution in [3.05, 3.63) is 28.8 Å². The molecule has 1 aromatic carbocycles. The van der Waals surface area contributed by atoms with Crippen LogP contribution in [0.2, 0.25) is 5.02 Å². The van der Waals surface area contributed by atoms with E-state index in [2.05, 4.69) is 25.2 Å². The van der Waals surface area contributed by atoms with Crippen molar-refractivity contribution in [2.24, 2.45) is 5.41 Å². The first-order valence-electron chi connectivity index (χ1n) is 6.38. The molecule has 1 rings (SSSR count). The minimum atomic E-state index is -0.404. The third kappa shape index (κ3) is 4.75. The number of nitrogens with one attached hydrogen (secondary N) is 1. The van der Waals surface area contributed by atoms with Gasteiger partial charge >= 0.3 is 5.97 Å². The molecule has 1 aromatic rings. The first-order chi connectivity index (χ1) is 9.39. The summed E-state index contributed by atoms with van der Waals surface area (Å²) in [4.78, 5) is 11.7. The first-order valence-corrected chi connectivity index (χ1v) is 6.76. The van der Waals surface area contributed by atoms with Crippen LogP contribution in [0.1, 0.15) is 37.0 Å². The van der Waals surface area contributed by atoms with Crippen LogP contribution < -0.4 is 5.32 Å². The number of hydrogen-bond acceptors (Lipinski definition) is 4. The highest BCUT2D eigenvalue weighted by Crippen LogP contribution is 2.26. The molecular weight excluding hydrogens is 276 g/mol. The number of carbonyl (C=O) groups excluding carboxylic acids is 1. The second-order valence-electron chi connectivity index (χ2n) is 5.36. The SMILES string of the molecule is COC(=O)c1ccc(Cl)cc1NCC(C)(C)CCC#N. The van der Waals surface area contributed by atoms with Gasteiger partial charge in [-0.1, -0.05) is 25.4 Å². The van der Waals surface area contributed by atoms with Crippen molar-refractivity contribution >= 4 is 23.3 Å². The molecule has 0 amide bonds. The molecule has 0 saturated heterocycles. The highest BCUT2D eigenvalue weighted by atomic mass is 35.5. The second kappa shape index (κ2) is 7.16. The van der Waals surface area contributed by atoms with E-state index in [1.165, 1.54) is 7.11 Å². The molecule has 0 fully saturated rings. The molecule has 108 valence electrons. The largest absolute Gasteiger partial charge is 0.465 e. The summed E-state index contributed by atoms with van der Waals surface area (Å²) in [6.45, 7) is 4.78. The molecule has 0 spiro atoms. The van der Waals surface area contributed by atoms with Crippen LogP contribution in [0.4, 0.5) is 5.69 Å². The van der Waals surface area contributed by atoms with E-state index in [0.717, 1.165) is 6.42 Å². The topological polar surface area (TPSA) is 62.1 Å². The zero-order chi connectivity index (χ0) is 15.2. The number of carbonyl (C=O) groups is 1. The van der Waals surface area contributed by atoms with Gasteiger partial charge in [-0.05, 0) is 30.0 Å². The molecule has 0 atom stereocenters. The van der Waals surface area contributed by atoms with Crippen molar-refractivity contribution in [3.63, 3.8) is 0 Å². The van der Waals surface area contributed by atoms with E-state index < -0.39 is 5.97 Å². The Balaban J connectivity index is 2.84. The average Bonchev–Trinajstić information content (AvgIpc) is 2.42. The van der Waals surface area contributed by atoms with E-state index in [0.29, 0.717) is 29.2 Å². The number of nitrogens with zero attached hydrogens (tertiary/aromatic N) is 1. The maximum atomic E-state index is 11.7. The number of nitriles is 1. The summed E-state index contributed by atoms with van der Waals surface area (Å²) in [6.07, 6.45) is 1.29. The summed E-state index contributed by atoms with van der Waals surface area (Å²) < 4.78 is 4.75. The second-order valence-corrected chi connectivity index (χ2v) is 5.79. The monoisotopic (exact) mass is 294 g/mol. The van der Waals surface area contributed by atoms with Gasteiger partial charge in [-0.2, -0.15) is 5.26 Å². The molecule has 0 aromatic heterocycles. The Kier molecular flexibility index (Phi) is 5.84. The van der Waals surface area contributed by atoms with Crippen LogP contribution in [0.15, 0.2) is 18.2 Å². The molecule has 0 aliphatic rings. The molecule has 0 aliphatic heterocycles. The normalized spacial score (nSPS) is 10.8. The summed E-state index contributed by atoms with van der Waals surface area (Å²) >= 11 is 5.96. The van der Waals surface area contributed by atoms with E-state index in [1.807, 2.05) is 0 Å². The molecule has 5 heteroatoms. The Labute approximate surface area is 124 Å². The van der Waals surface area contributed by atoms with Gasteiger partial charge in [-0.15, -0.1) is 0 Å². The van der Waals surface area contributed by atoms with Crippen molar-refractivity contribution in [1.82, 2.24) is 0 Å². The first kappa shape index (κ1) is 16.3. The van der Waals surface area contributed by atoms with Crippen LogP contribution >= 0.6 is 11.6 Å². The van der Waals surface area contributed by atoms with E-state index in [4.69, 9.17) is 21.6 Å². The molecule has 0 unspecified atom stereocenters. The van der Waals surface area contributed by atoms with Crippen molar-refractivity contribution in [2.75, 3.05) is 19.0 Å². The van der Waals surface area contributed by atoms with Crippen molar-refractivity contribution in [2.45, 2.75) is 26.7 Å². The predicted octanol–water partition coefficient (Wildman–Crippen LogP) is 3.87. The highest BCUT2D eigenvalue weighted by Gasteiger charge is 2.19. The van der Waals surface area contributed by atoms with Crippen molar-refractivity contribution in [3.8, 4) is 6.07 Å². The van der Waals surface area contributed by atoms with Gasteiger partial charge in [-0.25, -0.2) is 4.79 Å². The van der Waals surface area contributed by atoms with E-state index in [9.17, 15) is 4.79 Å². The molecular formula is C15H19ClN2O2. The fourth-order valence-electron chi connectivity index (χ4n) is 1.77. The van der Waals surface area contributed by atoms with E-state index >= 15 is 0 Å². The van der Waals surface area contributed by atoms with Gasteiger partial charge in [0.2, 0.25) is 0 Å². The lowest BCUT2D eigenvalue weighted by molar-refractivity contribution is 0.0601. The molecule has 1 N–H and O–H groups in total. The predicted molar refractivity (Wildman–Crippen MR) is 79.9 cm³/mol. The number of hydrogen-bond donors (Lipinski definition) is 1. The van der Waals surface area contributed by atoms with Crippen LogP contribution in [-0.4, -0.2) is 19.6 Å². The Morgan fingerprint density at radius 1 is 1.50 bits per heavy atom. The minimum absolute atomic E-state index is 0.0502. The molecule has 0 bridgehead atoms. The van der Waals surface area contributed by atoms with Gasteiger partial charge in [0.05, 0.1) is 24.4 Å². The number of esters is 1. The quantitative estimate of drug-likeness (QED) is 0.809. The van der Waals surface area contributed by atoms with Crippen LogP contribution in [0.25, 0.3) is 0 Å². The number of ether oxygens (including phenoxy) is 1. The third-order valence-corrected chi connectivity index (χ3v) is 3.29. The number of rotatable bonds is 6. The van der Waals surface area contributed by atoms with E-state index in [-0.39, 0.29) is 5.41 Å². The lowest BCUT2D eigenvalue weighted by atomic mass is 9.88. The number of halogens is 1. The Morgan fingerprint density at radius 3 is 2.80 bits per heavy atom. The summed E-state index contributed by atoms with van der Waals surface area (Å²) in [5.41, 5.74) is 1.05. The molecule has 0 aliphatic carbocycles. The minimum Gasteiger partial charge on any atom is -0.465 e. The highest BCUT2D eigenvalue weighted by molar-refractivity contribution is 6.31. The fraction of sp³-hybridized carbons (Fsp3) is 0.467. The molecule has 0 radical (unpaired) electrons. The van der Waals surface area contributed by atoms with Gasteiger partial charge < -0.3 is 10.1 Å². The van der Waals surface area contributed by atoms with Crippen LogP contribution in [0.3, 0.4) is 0 Å². The smallest absolute Gasteiger partial charge is 0.339 e. The summed E-state index contributed by atoms with van der Waals surface area (Å²) in [7, 11) is 1.34. The summed E-state index contributed by atoms with van der Waals surface area (Å²) in [5.74, 6) is -0.404. The lowest BCUT2D eigenvalue weighted by Gasteiger charge is -2.25. The number of anilines is 1. The van der Waals surface area contributed by atoms with Gasteiger partial charge in [0.1, 0.15) is 0 Å². The van der Waals surface area contributed by atoms with Gasteiger partial charge in [-0.3, -0.25) is 0 Å². The standard InChI is InChI=1S/C15H19ClN2O2/c1-15(2,7-4-8-17)10-18-13-9-11(16)5-6-12(13)14(19)20-3/h5-6,9,18H,4,7,10H2,1-3H3. The maximum Gasteiger partial charge on any atom is 0.339 e. The lowest BCUT2D eigenvalue weighted by Crippen LogP contribution is -2.24. The molecule has 0 heterocycles. The average molecular weight is 295 g/mol. The summed E-state index contributed by atoms with van der Waals surface area (Å²) in [6, 6.07) is 7.14. The van der Waals surface area contributed by atoms with Crippen molar-refractivity contribution < 1.29 is 9.53 Å². The Hall–Kier alpha value is -1.73. The van der Waals surface area contributed by atoms with Crippen molar-refractivity contribution in [1.29, 1.82) is 5.26 Å². The Bertz CT molecular complexity index is 521. The van der Waals surface area contributed by atoms with Crippen LogP contribution in [-0.2, 0) is 4.74 Å². The van der Waals surface area contributed by atoms with Gasteiger partial charge in [0, 0.05) is 18.0 Å². The third-order valence-electron chi connectivity index (χ3n) is 3.06. The van der Waals surface area contributed by atoms with Crippen LogP contribution in [0, 0.1) is 16.7 Å². The summed E-state index contributed by atoms with van der Waals surface area (Å²) in [5, 5.41) is 12.4. The maximum absolute atomic E-state index is 11.7. The molecule has 4 nitrogen and oxygen atoms in total.